The summed E-state index contributed by atoms with van der Waals surface area (Å²) >= 11 is 0. The van der Waals surface area contributed by atoms with Gasteiger partial charge in [-0.3, -0.25) is 10.3 Å². The number of piperazine rings is 1. The number of phenolic OH excluding ortho intramolecular Hbond substituents is 2. The molecule has 2 aliphatic rings. The number of hydrogen-bond donors (Lipinski definition) is 4. The third-order valence-corrected chi connectivity index (χ3v) is 7.66. The minimum Gasteiger partial charge on any atom is -0.507 e. The lowest BCUT2D eigenvalue weighted by molar-refractivity contribution is 0.146. The van der Waals surface area contributed by atoms with Crippen LogP contribution in [0.3, 0.4) is 0 Å². The molecule has 2 aromatic carbocycles. The van der Waals surface area contributed by atoms with Crippen LogP contribution in [-0.4, -0.2) is 68.8 Å². The second-order valence-electron chi connectivity index (χ2n) is 9.83. The van der Waals surface area contributed by atoms with Crippen LogP contribution in [0.2, 0.25) is 0 Å². The fourth-order valence-electron chi connectivity index (χ4n) is 5.49. The van der Waals surface area contributed by atoms with Crippen LogP contribution in [0.15, 0.2) is 30.3 Å². The minimum atomic E-state index is -0.178. The third kappa shape index (κ3) is 3.94. The number of rotatable bonds is 5. The van der Waals surface area contributed by atoms with E-state index < -0.39 is 0 Å². The smallest absolute Gasteiger partial charge is 0.128 e. The van der Waals surface area contributed by atoms with Crippen LogP contribution in [0.5, 0.6) is 11.5 Å². The summed E-state index contributed by atoms with van der Waals surface area (Å²) in [6, 6.07) is 10.1. The molecular weight excluding hydrogens is 428 g/mol. The summed E-state index contributed by atoms with van der Waals surface area (Å²) < 4.78 is 2.15. The first-order valence-electron chi connectivity index (χ1n) is 12.3. The average molecular weight is 465 g/mol. The number of aromatic nitrogens is 2. The van der Waals surface area contributed by atoms with Crippen molar-refractivity contribution >= 4 is 11.0 Å². The Bertz CT molecular complexity index is 1180. The molecule has 1 aromatic heterocycles. The van der Waals surface area contributed by atoms with Crippen molar-refractivity contribution in [3.8, 4) is 11.5 Å². The summed E-state index contributed by atoms with van der Waals surface area (Å²) in [6.45, 7) is 8.54. The van der Waals surface area contributed by atoms with Gasteiger partial charge in [-0.15, -0.1) is 0 Å². The predicted molar refractivity (Wildman–Crippen MR) is 134 cm³/mol. The number of hydrogen-bond acceptors (Lipinski definition) is 7. The lowest BCUT2D eigenvalue weighted by Crippen LogP contribution is -2.43. The van der Waals surface area contributed by atoms with E-state index in [0.29, 0.717) is 18.5 Å². The molecule has 0 spiro atoms. The first kappa shape index (κ1) is 23.1. The predicted octanol–water partition coefficient (Wildman–Crippen LogP) is 2.62. The zero-order valence-electron chi connectivity index (χ0n) is 20.5. The molecule has 0 radical (unpaired) electrons. The van der Waals surface area contributed by atoms with Crippen molar-refractivity contribution in [2.75, 3.05) is 33.2 Å². The van der Waals surface area contributed by atoms with E-state index in [4.69, 9.17) is 4.98 Å². The van der Waals surface area contributed by atoms with Gasteiger partial charge >= 0.3 is 0 Å². The molecular formula is C26H36N6O2. The van der Waals surface area contributed by atoms with Gasteiger partial charge in [-0.2, -0.15) is 0 Å². The van der Waals surface area contributed by atoms with Gasteiger partial charge in [0.25, 0.3) is 0 Å². The Kier molecular flexibility index (Phi) is 6.24. The highest BCUT2D eigenvalue weighted by atomic mass is 16.3. The number of phenols is 2. The second-order valence-corrected chi connectivity index (χ2v) is 9.83. The highest BCUT2D eigenvalue weighted by Crippen LogP contribution is 2.45. The Hall–Kier alpha value is -2.65. The monoisotopic (exact) mass is 464 g/mol. The zero-order valence-corrected chi connectivity index (χ0v) is 20.5. The van der Waals surface area contributed by atoms with Crippen LogP contribution in [0, 0.1) is 0 Å². The van der Waals surface area contributed by atoms with Crippen LogP contribution >= 0.6 is 0 Å². The molecule has 2 saturated heterocycles. The molecule has 0 bridgehead atoms. The molecule has 8 heteroatoms. The number of nitrogens with one attached hydrogen (secondary N) is 2. The third-order valence-electron chi connectivity index (χ3n) is 7.66. The van der Waals surface area contributed by atoms with Crippen molar-refractivity contribution in [3.63, 3.8) is 0 Å². The number of nitrogens with zero attached hydrogens (tertiary/aromatic N) is 4. The zero-order chi connectivity index (χ0) is 24.0. The maximum Gasteiger partial charge on any atom is 0.128 e. The van der Waals surface area contributed by atoms with Crippen LogP contribution < -0.4 is 10.9 Å². The van der Waals surface area contributed by atoms with Crippen molar-refractivity contribution in [3.05, 3.63) is 52.8 Å². The summed E-state index contributed by atoms with van der Waals surface area (Å²) in [6.07, 6.45) is 0.696. The van der Waals surface area contributed by atoms with Crippen molar-refractivity contribution in [1.82, 2.24) is 30.2 Å². The lowest BCUT2D eigenvalue weighted by Gasteiger charge is -2.33. The second kappa shape index (κ2) is 9.19. The summed E-state index contributed by atoms with van der Waals surface area (Å²) in [4.78, 5) is 9.59. The van der Waals surface area contributed by atoms with Gasteiger partial charge in [-0.1, -0.05) is 19.1 Å². The van der Waals surface area contributed by atoms with E-state index in [1.807, 2.05) is 31.2 Å². The maximum atomic E-state index is 11.5. The van der Waals surface area contributed by atoms with E-state index in [0.717, 1.165) is 54.2 Å². The topological polar surface area (TPSA) is 88.8 Å². The largest absolute Gasteiger partial charge is 0.507 e. The molecule has 4 N–H and O–H groups in total. The highest BCUT2D eigenvalue weighted by molar-refractivity contribution is 5.76. The number of aryl methyl sites for hydroxylation is 2. The Labute approximate surface area is 201 Å². The van der Waals surface area contributed by atoms with Gasteiger partial charge in [-0.05, 0) is 44.2 Å². The van der Waals surface area contributed by atoms with Gasteiger partial charge in [0.15, 0.2) is 0 Å². The number of aromatic hydroxyl groups is 2. The van der Waals surface area contributed by atoms with Gasteiger partial charge < -0.3 is 19.7 Å². The average Bonchev–Trinajstić information content (AvgIpc) is 3.37. The van der Waals surface area contributed by atoms with E-state index in [1.54, 1.807) is 0 Å². The van der Waals surface area contributed by atoms with Gasteiger partial charge in [0.2, 0.25) is 0 Å². The van der Waals surface area contributed by atoms with Crippen LogP contribution in [0.1, 0.15) is 48.3 Å². The number of imidazole rings is 1. The number of likely N-dealkylation sites (N-methyl/N-ethyl adjacent to an activating group) is 1. The van der Waals surface area contributed by atoms with Crippen LogP contribution in [0.4, 0.5) is 0 Å². The van der Waals surface area contributed by atoms with E-state index in [-0.39, 0.29) is 29.5 Å². The fraction of sp³-hybridized carbons (Fsp3) is 0.500. The Balaban J connectivity index is 1.55. The van der Waals surface area contributed by atoms with Gasteiger partial charge in [-0.25, -0.2) is 10.4 Å². The quantitative estimate of drug-likeness (QED) is 0.462. The lowest BCUT2D eigenvalue weighted by atomic mass is 9.86. The molecule has 3 heterocycles. The van der Waals surface area contributed by atoms with E-state index in [2.05, 4.69) is 52.3 Å². The molecule has 3 aromatic rings. The molecule has 3 atom stereocenters. The summed E-state index contributed by atoms with van der Waals surface area (Å²) in [7, 11) is 4.18. The molecule has 2 fully saturated rings. The summed E-state index contributed by atoms with van der Waals surface area (Å²) in [5, 5.41) is 22.5. The van der Waals surface area contributed by atoms with E-state index in [1.165, 1.54) is 0 Å². The first-order chi connectivity index (χ1) is 16.4. The molecule has 3 unspecified atom stereocenters. The summed E-state index contributed by atoms with van der Waals surface area (Å²) in [5.41, 5.74) is 11.2. The van der Waals surface area contributed by atoms with Crippen molar-refractivity contribution in [2.45, 2.75) is 44.8 Å². The number of para-hydroxylation sites is 2. The Morgan fingerprint density at radius 2 is 1.76 bits per heavy atom. The molecule has 8 nitrogen and oxygen atoms in total. The van der Waals surface area contributed by atoms with Crippen molar-refractivity contribution in [1.29, 1.82) is 0 Å². The number of hydrazine groups is 1. The van der Waals surface area contributed by atoms with Gasteiger partial charge in [0, 0.05) is 51.4 Å². The van der Waals surface area contributed by atoms with Crippen molar-refractivity contribution in [2.24, 2.45) is 7.05 Å². The van der Waals surface area contributed by atoms with Gasteiger partial charge in [0.05, 0.1) is 28.6 Å². The fourth-order valence-corrected chi connectivity index (χ4v) is 5.49. The molecule has 2 aliphatic heterocycles. The standard InChI is InChI=1S/C26H36N6O2/c1-5-17-14-18(25(34)19(24(17)33)15-32-12-10-30(3)11-13-32)23-22(16(2)28-29-23)26-27-20-8-6-7-9-21(20)31(26)4/h6-9,14,16,22-23,28-29,33-34H,5,10-13,15H2,1-4H3. The molecule has 5 rings (SSSR count). The first-order valence-corrected chi connectivity index (χ1v) is 12.3. The SMILES string of the molecule is CCc1cc(C2NNC(C)C2c2nc3ccccc3n2C)c(O)c(CN2CCN(C)CC2)c1O. The molecule has 0 saturated carbocycles. The maximum absolute atomic E-state index is 11.5. The van der Waals surface area contributed by atoms with Gasteiger partial charge in [0.1, 0.15) is 17.3 Å². The van der Waals surface area contributed by atoms with Crippen molar-refractivity contribution < 1.29 is 10.2 Å². The van der Waals surface area contributed by atoms with E-state index >= 15 is 0 Å². The Morgan fingerprint density at radius 3 is 2.47 bits per heavy atom. The van der Waals surface area contributed by atoms with E-state index in [9.17, 15) is 10.2 Å². The van der Waals surface area contributed by atoms with Crippen LogP contribution in [0.25, 0.3) is 11.0 Å². The molecule has 0 amide bonds. The number of fused-ring (bicyclic) bond motifs is 1. The minimum absolute atomic E-state index is 0.00837. The normalized spacial score (nSPS) is 24.3. The van der Waals surface area contributed by atoms with Crippen LogP contribution in [-0.2, 0) is 20.0 Å². The Morgan fingerprint density at radius 1 is 1.03 bits per heavy atom. The molecule has 0 aliphatic carbocycles. The summed E-state index contributed by atoms with van der Waals surface area (Å²) in [5.74, 6) is 1.39. The number of benzene rings is 2. The molecule has 182 valence electrons. The highest BCUT2D eigenvalue weighted by Gasteiger charge is 2.40. The molecule has 34 heavy (non-hydrogen) atoms.